The number of benzene rings is 3. The van der Waals surface area contributed by atoms with Crippen LogP contribution in [0.2, 0.25) is 0 Å². The van der Waals surface area contributed by atoms with Crippen LogP contribution < -0.4 is 0 Å². The van der Waals surface area contributed by atoms with Crippen LogP contribution in [0.1, 0.15) is 29.7 Å². The van der Waals surface area contributed by atoms with Crippen molar-refractivity contribution < 1.29 is 0 Å². The maximum atomic E-state index is 4.69. The number of nitrogens with zero attached hydrogens (tertiary/aromatic N) is 1. The number of rotatable bonds is 2. The Morgan fingerprint density at radius 1 is 0.652 bits per heavy atom. The summed E-state index contributed by atoms with van der Waals surface area (Å²) in [6.45, 7) is 2.11. The van der Waals surface area contributed by atoms with E-state index in [0.717, 1.165) is 5.57 Å². The molecule has 0 amide bonds. The predicted molar refractivity (Wildman–Crippen MR) is 96.7 cm³/mol. The second-order valence-corrected chi connectivity index (χ2v) is 5.79. The second kappa shape index (κ2) is 5.72. The zero-order chi connectivity index (χ0) is 15.6. The molecule has 23 heavy (non-hydrogen) atoms. The van der Waals surface area contributed by atoms with E-state index in [0.29, 0.717) is 0 Å². The highest BCUT2D eigenvalue weighted by molar-refractivity contribution is 6.10. The van der Waals surface area contributed by atoms with Crippen LogP contribution >= 0.6 is 0 Å². The molecule has 110 valence electrons. The highest BCUT2D eigenvalue weighted by Gasteiger charge is 2.22. The van der Waals surface area contributed by atoms with Crippen molar-refractivity contribution in [3.63, 3.8) is 0 Å². The molecule has 0 fully saturated rings. The average molecular weight is 295 g/mol. The molecule has 0 N–H and O–H groups in total. The van der Waals surface area contributed by atoms with Crippen LogP contribution in [0.3, 0.4) is 0 Å². The molecule has 1 aliphatic carbocycles. The molecule has 1 nitrogen and oxygen atoms in total. The third-order valence-electron chi connectivity index (χ3n) is 4.33. The van der Waals surface area contributed by atoms with E-state index < -0.39 is 0 Å². The quantitative estimate of drug-likeness (QED) is 0.431. The van der Waals surface area contributed by atoms with Gasteiger partial charge in [-0.15, -0.1) is 0 Å². The van der Waals surface area contributed by atoms with Gasteiger partial charge in [0.05, 0.1) is 11.6 Å². The molecule has 0 bridgehead atoms. The van der Waals surface area contributed by atoms with E-state index in [9.17, 15) is 0 Å². The van der Waals surface area contributed by atoms with E-state index in [-0.39, 0.29) is 6.04 Å². The molecule has 0 spiro atoms. The number of aliphatic imine (C=N–C) groups is 1. The molecule has 0 saturated carbocycles. The molecule has 0 saturated heterocycles. The fourth-order valence-corrected chi connectivity index (χ4v) is 3.10. The van der Waals surface area contributed by atoms with Crippen molar-refractivity contribution in [2.45, 2.75) is 13.0 Å². The fraction of sp³-hybridized carbons (Fsp3) is 0.0909. The molecule has 1 atom stereocenters. The van der Waals surface area contributed by atoms with E-state index >= 15 is 0 Å². The monoisotopic (exact) mass is 295 g/mol. The summed E-state index contributed by atoms with van der Waals surface area (Å²) in [5, 5.41) is 0. The highest BCUT2D eigenvalue weighted by Crippen LogP contribution is 2.42. The molecular formula is C22H17N. The van der Waals surface area contributed by atoms with Crippen LogP contribution in [-0.2, 0) is 0 Å². The number of fused-ring (bicyclic) bond motifs is 3. The smallest absolute Gasteiger partial charge is 0.0815 e. The molecule has 0 aliphatic heterocycles. The molecule has 0 unspecified atom stereocenters. The summed E-state index contributed by atoms with van der Waals surface area (Å²) in [5.74, 6) is 3.33. The molecule has 4 rings (SSSR count). The molecule has 3 aromatic carbocycles. The van der Waals surface area contributed by atoms with Crippen LogP contribution in [0.5, 0.6) is 0 Å². The average Bonchev–Trinajstić information content (AvgIpc) is 2.94. The van der Waals surface area contributed by atoms with Crippen LogP contribution in [0.4, 0.5) is 0 Å². The van der Waals surface area contributed by atoms with Crippen molar-refractivity contribution in [3.05, 3.63) is 95.6 Å². The lowest BCUT2D eigenvalue weighted by molar-refractivity contribution is 0.827. The van der Waals surface area contributed by atoms with Crippen LogP contribution in [0, 0.1) is 0 Å². The van der Waals surface area contributed by atoms with Crippen LogP contribution in [0.25, 0.3) is 16.7 Å². The molecule has 0 radical (unpaired) electrons. The van der Waals surface area contributed by atoms with Gasteiger partial charge in [0.25, 0.3) is 0 Å². The van der Waals surface area contributed by atoms with Gasteiger partial charge in [0.15, 0.2) is 0 Å². The first-order valence-electron chi connectivity index (χ1n) is 7.91. The summed E-state index contributed by atoms with van der Waals surface area (Å²) in [5.41, 5.74) is 7.29. The van der Waals surface area contributed by atoms with E-state index in [1.165, 1.54) is 27.8 Å². The molecule has 0 heterocycles. The second-order valence-electron chi connectivity index (χ2n) is 5.79. The molecule has 0 aromatic heterocycles. The lowest BCUT2D eigenvalue weighted by Crippen LogP contribution is -1.89. The Labute approximate surface area is 136 Å². The van der Waals surface area contributed by atoms with Gasteiger partial charge in [-0.1, -0.05) is 78.9 Å². The summed E-state index contributed by atoms with van der Waals surface area (Å²) < 4.78 is 0. The van der Waals surface area contributed by atoms with Crippen molar-refractivity contribution >= 4 is 11.4 Å². The minimum absolute atomic E-state index is 0.101. The Morgan fingerprint density at radius 3 is 1.70 bits per heavy atom. The highest BCUT2D eigenvalue weighted by atomic mass is 14.7. The third kappa shape index (κ3) is 2.42. The maximum Gasteiger partial charge on any atom is 0.0815 e. The van der Waals surface area contributed by atoms with Gasteiger partial charge in [-0.05, 0) is 40.6 Å². The number of hydrogen-bond acceptors (Lipinski definition) is 1. The number of hydrogen-bond donors (Lipinski definition) is 0. The Bertz CT molecular complexity index is 868. The first-order chi connectivity index (χ1) is 11.3. The summed E-state index contributed by atoms with van der Waals surface area (Å²) in [6, 6.07) is 27.4. The van der Waals surface area contributed by atoms with Gasteiger partial charge in [0.1, 0.15) is 0 Å². The van der Waals surface area contributed by atoms with E-state index in [2.05, 4.69) is 90.6 Å². The first kappa shape index (κ1) is 13.8. The summed E-state index contributed by atoms with van der Waals surface area (Å²) >= 11 is 0. The van der Waals surface area contributed by atoms with E-state index in [4.69, 9.17) is 0 Å². The van der Waals surface area contributed by atoms with Gasteiger partial charge >= 0.3 is 0 Å². The van der Waals surface area contributed by atoms with Gasteiger partial charge in [-0.25, -0.2) is 4.99 Å². The Morgan fingerprint density at radius 2 is 1.13 bits per heavy atom. The Kier molecular flexibility index (Phi) is 3.42. The van der Waals surface area contributed by atoms with Crippen molar-refractivity contribution in [2.75, 3.05) is 0 Å². The van der Waals surface area contributed by atoms with Crippen LogP contribution in [-0.4, -0.2) is 5.87 Å². The van der Waals surface area contributed by atoms with Crippen LogP contribution in [0.15, 0.2) is 83.9 Å². The minimum atomic E-state index is 0.101. The Balaban J connectivity index is 1.84. The molecule has 3 aromatic rings. The largest absolute Gasteiger partial charge is 0.235 e. The zero-order valence-corrected chi connectivity index (χ0v) is 13.0. The van der Waals surface area contributed by atoms with Gasteiger partial charge in [0, 0.05) is 0 Å². The van der Waals surface area contributed by atoms with Gasteiger partial charge in [-0.3, -0.25) is 0 Å². The SMILES string of the molecule is C[C@H](N=C=C1c2ccccc2-c2ccccc21)c1ccccc1. The molecule has 1 heteroatoms. The normalized spacial score (nSPS) is 13.0. The van der Waals surface area contributed by atoms with Crippen molar-refractivity contribution in [2.24, 2.45) is 4.99 Å². The fourth-order valence-electron chi connectivity index (χ4n) is 3.10. The summed E-state index contributed by atoms with van der Waals surface area (Å²) in [6.07, 6.45) is 0. The van der Waals surface area contributed by atoms with Crippen molar-refractivity contribution in [1.82, 2.24) is 0 Å². The maximum absolute atomic E-state index is 4.69. The van der Waals surface area contributed by atoms with E-state index in [1.807, 2.05) is 6.07 Å². The molecule has 1 aliphatic rings. The lowest BCUT2D eigenvalue weighted by atomic mass is 10.1. The standard InChI is InChI=1S/C22H17N/c1-16(17-9-3-2-4-10-17)23-15-22-20-13-7-5-11-18(20)19-12-6-8-14-21(19)22/h2-14,16H,1H3/t16-/m0/s1. The molecular weight excluding hydrogens is 278 g/mol. The third-order valence-corrected chi connectivity index (χ3v) is 4.33. The van der Waals surface area contributed by atoms with Crippen molar-refractivity contribution in [1.29, 1.82) is 0 Å². The predicted octanol–water partition coefficient (Wildman–Crippen LogP) is 5.53. The van der Waals surface area contributed by atoms with E-state index in [1.54, 1.807) is 0 Å². The summed E-state index contributed by atoms with van der Waals surface area (Å²) in [7, 11) is 0. The topological polar surface area (TPSA) is 12.4 Å². The summed E-state index contributed by atoms with van der Waals surface area (Å²) in [4.78, 5) is 4.69. The van der Waals surface area contributed by atoms with Gasteiger partial charge in [0.2, 0.25) is 0 Å². The van der Waals surface area contributed by atoms with Gasteiger partial charge < -0.3 is 0 Å². The Hall–Kier alpha value is -2.89. The lowest BCUT2D eigenvalue weighted by Gasteiger charge is -2.04. The minimum Gasteiger partial charge on any atom is -0.235 e. The zero-order valence-electron chi connectivity index (χ0n) is 13.0. The van der Waals surface area contributed by atoms with Crippen molar-refractivity contribution in [3.8, 4) is 11.1 Å². The van der Waals surface area contributed by atoms with Gasteiger partial charge in [-0.2, -0.15) is 0 Å². The first-order valence-corrected chi connectivity index (χ1v) is 7.91.